The van der Waals surface area contributed by atoms with Gasteiger partial charge in [-0.1, -0.05) is 30.3 Å². The molecule has 2 aromatic carbocycles. The molecule has 3 aromatic rings. The zero-order chi connectivity index (χ0) is 23.5. The van der Waals surface area contributed by atoms with Gasteiger partial charge < -0.3 is 0 Å². The summed E-state index contributed by atoms with van der Waals surface area (Å²) in [6.45, 7) is 0. The number of hydrogen-bond acceptors (Lipinski definition) is 3. The van der Waals surface area contributed by atoms with Crippen molar-refractivity contribution in [1.82, 2.24) is 4.98 Å². The molecule has 0 aliphatic carbocycles. The van der Waals surface area contributed by atoms with Crippen LogP contribution in [-0.2, 0) is 12.4 Å². The number of carbonyl (C=O) groups is 1. The topological polar surface area (TPSA) is 53.8 Å². The van der Waals surface area contributed by atoms with Crippen molar-refractivity contribution >= 4 is 5.78 Å². The summed E-state index contributed by atoms with van der Waals surface area (Å²) in [5.74, 6) is -1.92. The Morgan fingerprint density at radius 2 is 1.56 bits per heavy atom. The van der Waals surface area contributed by atoms with Crippen LogP contribution in [0.25, 0.3) is 0 Å². The van der Waals surface area contributed by atoms with Crippen LogP contribution in [0.1, 0.15) is 50.6 Å². The van der Waals surface area contributed by atoms with Crippen molar-refractivity contribution < 1.29 is 31.1 Å². The summed E-state index contributed by atoms with van der Waals surface area (Å²) in [6.07, 6.45) is -8.82. The van der Waals surface area contributed by atoms with Crippen LogP contribution in [0.3, 0.4) is 0 Å². The van der Waals surface area contributed by atoms with E-state index >= 15 is 0 Å². The Morgan fingerprint density at radius 1 is 0.906 bits per heavy atom. The Labute approximate surface area is 179 Å². The highest BCUT2D eigenvalue weighted by atomic mass is 19.4. The molecule has 3 rings (SSSR count). The predicted octanol–water partition coefficient (Wildman–Crippen LogP) is 6.40. The van der Waals surface area contributed by atoms with Crippen molar-refractivity contribution in [1.29, 1.82) is 5.26 Å². The van der Waals surface area contributed by atoms with E-state index in [1.165, 1.54) is 24.3 Å². The Balaban J connectivity index is 2.11. The summed E-state index contributed by atoms with van der Waals surface area (Å²) in [4.78, 5) is 16.8. The first-order chi connectivity index (χ1) is 15.0. The van der Waals surface area contributed by atoms with Gasteiger partial charge in [0.1, 0.15) is 0 Å². The van der Waals surface area contributed by atoms with Crippen molar-refractivity contribution in [2.45, 2.75) is 24.7 Å². The number of pyridine rings is 1. The van der Waals surface area contributed by atoms with E-state index < -0.39 is 47.3 Å². The fourth-order valence-corrected chi connectivity index (χ4v) is 3.33. The van der Waals surface area contributed by atoms with Crippen molar-refractivity contribution in [2.75, 3.05) is 0 Å². The summed E-state index contributed by atoms with van der Waals surface area (Å²) in [5.41, 5.74) is -2.44. The molecule has 0 fully saturated rings. The molecule has 0 N–H and O–H groups in total. The minimum atomic E-state index is -4.79. The Morgan fingerprint density at radius 3 is 2.16 bits per heavy atom. The maximum Gasteiger partial charge on any atom is 0.418 e. The molecule has 32 heavy (non-hydrogen) atoms. The summed E-state index contributed by atoms with van der Waals surface area (Å²) >= 11 is 0. The van der Waals surface area contributed by atoms with Crippen LogP contribution < -0.4 is 0 Å². The third-order valence-corrected chi connectivity index (χ3v) is 4.85. The van der Waals surface area contributed by atoms with E-state index in [4.69, 9.17) is 0 Å². The van der Waals surface area contributed by atoms with Gasteiger partial charge in [-0.05, 0) is 35.9 Å². The Kier molecular flexibility index (Phi) is 6.35. The number of alkyl halides is 6. The zero-order valence-corrected chi connectivity index (χ0v) is 16.2. The number of aromatic nitrogens is 1. The highest BCUT2D eigenvalue weighted by Crippen LogP contribution is 2.39. The van der Waals surface area contributed by atoms with Crippen LogP contribution in [0.2, 0.25) is 0 Å². The number of nitriles is 1. The molecule has 0 aliphatic heterocycles. The second-order valence-corrected chi connectivity index (χ2v) is 6.89. The van der Waals surface area contributed by atoms with Crippen LogP contribution >= 0.6 is 0 Å². The van der Waals surface area contributed by atoms with Gasteiger partial charge in [-0.2, -0.15) is 31.6 Å². The number of halogens is 6. The van der Waals surface area contributed by atoms with Gasteiger partial charge >= 0.3 is 12.4 Å². The van der Waals surface area contributed by atoms with E-state index in [9.17, 15) is 36.4 Å². The van der Waals surface area contributed by atoms with Gasteiger partial charge in [-0.25, -0.2) is 0 Å². The minimum absolute atomic E-state index is 0.0106. The van der Waals surface area contributed by atoms with Crippen LogP contribution in [0.15, 0.2) is 66.9 Å². The summed E-state index contributed by atoms with van der Waals surface area (Å²) in [6, 6.07) is 13.1. The molecule has 0 spiro atoms. The number of nitrogens with zero attached hydrogens (tertiary/aromatic N) is 2. The molecule has 0 radical (unpaired) electrons. The third-order valence-electron chi connectivity index (χ3n) is 4.85. The van der Waals surface area contributed by atoms with E-state index in [0.29, 0.717) is 0 Å². The Bertz CT molecular complexity index is 1160. The minimum Gasteiger partial charge on any atom is -0.294 e. The number of ketones is 1. The summed E-state index contributed by atoms with van der Waals surface area (Å²) in [7, 11) is 0. The average Bonchev–Trinajstić information content (AvgIpc) is 2.76. The summed E-state index contributed by atoms with van der Waals surface area (Å²) in [5, 5.41) is 9.22. The zero-order valence-electron chi connectivity index (χ0n) is 16.2. The molecule has 0 bridgehead atoms. The third kappa shape index (κ3) is 4.97. The maximum atomic E-state index is 13.6. The van der Waals surface area contributed by atoms with Gasteiger partial charge in [0.25, 0.3) is 0 Å². The van der Waals surface area contributed by atoms with E-state index in [1.54, 1.807) is 0 Å². The molecule has 0 saturated heterocycles. The lowest BCUT2D eigenvalue weighted by atomic mass is 9.85. The second-order valence-electron chi connectivity index (χ2n) is 6.89. The first-order valence-electron chi connectivity index (χ1n) is 9.24. The summed E-state index contributed by atoms with van der Waals surface area (Å²) < 4.78 is 79.6. The molecular formula is C23H14F6N2O. The van der Waals surface area contributed by atoms with Crippen LogP contribution in [-0.4, -0.2) is 10.8 Å². The first kappa shape index (κ1) is 23.0. The van der Waals surface area contributed by atoms with Crippen LogP contribution in [0.5, 0.6) is 0 Å². The molecule has 0 amide bonds. The predicted molar refractivity (Wildman–Crippen MR) is 103 cm³/mol. The molecule has 164 valence electrons. The molecular weight excluding hydrogens is 434 g/mol. The fraction of sp³-hybridized carbons (Fsp3) is 0.174. The molecule has 0 unspecified atom stereocenters. The van der Waals surface area contributed by atoms with E-state index in [2.05, 4.69) is 4.98 Å². The lowest BCUT2D eigenvalue weighted by molar-refractivity contribution is -0.139. The molecule has 0 aliphatic rings. The molecule has 3 nitrogen and oxygen atoms in total. The van der Waals surface area contributed by atoms with E-state index in [-0.39, 0.29) is 16.7 Å². The smallest absolute Gasteiger partial charge is 0.294 e. The monoisotopic (exact) mass is 448 g/mol. The van der Waals surface area contributed by atoms with Crippen LogP contribution in [0.4, 0.5) is 26.3 Å². The molecule has 1 aromatic heterocycles. The lowest BCUT2D eigenvalue weighted by Crippen LogP contribution is -2.18. The van der Waals surface area contributed by atoms with Crippen molar-refractivity contribution in [3.63, 3.8) is 0 Å². The standard InChI is InChI=1S/C23H14F6N2O/c24-22(25,26)16-9-7-14(8-10-16)18(21-19(23(27,28)29)6-3-11-31-21)12-20(32)17-5-2-1-4-15(17)13-30/h1-11,18H,12H2/t18-/m0/s1. The lowest BCUT2D eigenvalue weighted by Gasteiger charge is -2.21. The maximum absolute atomic E-state index is 13.6. The molecule has 9 heteroatoms. The van der Waals surface area contributed by atoms with Gasteiger partial charge in [0, 0.05) is 24.1 Å². The molecule has 0 saturated carbocycles. The van der Waals surface area contributed by atoms with Crippen molar-refractivity contribution in [3.05, 3.63) is 100 Å². The Hall–Kier alpha value is -3.67. The van der Waals surface area contributed by atoms with Crippen molar-refractivity contribution in [3.8, 4) is 6.07 Å². The highest BCUT2D eigenvalue weighted by Gasteiger charge is 2.37. The van der Waals surface area contributed by atoms with Crippen molar-refractivity contribution in [2.24, 2.45) is 0 Å². The highest BCUT2D eigenvalue weighted by molar-refractivity contribution is 5.99. The van der Waals surface area contributed by atoms with Gasteiger partial charge in [-0.15, -0.1) is 0 Å². The first-order valence-corrected chi connectivity index (χ1v) is 9.24. The normalized spacial score (nSPS) is 12.8. The van der Waals surface area contributed by atoms with Crippen LogP contribution in [0, 0.1) is 11.3 Å². The second kappa shape index (κ2) is 8.83. The van der Waals surface area contributed by atoms with E-state index in [1.807, 2.05) is 6.07 Å². The number of Topliss-reactive ketones (excluding diaryl/α,β-unsaturated/α-hetero) is 1. The number of hydrogen-bond donors (Lipinski definition) is 0. The number of benzene rings is 2. The van der Waals surface area contributed by atoms with E-state index in [0.717, 1.165) is 42.6 Å². The molecule has 1 heterocycles. The van der Waals surface area contributed by atoms with Gasteiger partial charge in [0.2, 0.25) is 0 Å². The average molecular weight is 448 g/mol. The van der Waals surface area contributed by atoms with Gasteiger partial charge in [0.15, 0.2) is 5.78 Å². The molecule has 1 atom stereocenters. The largest absolute Gasteiger partial charge is 0.418 e. The number of carbonyl (C=O) groups excluding carboxylic acids is 1. The SMILES string of the molecule is N#Cc1ccccc1C(=O)C[C@@H](c1ccc(C(F)(F)F)cc1)c1ncccc1C(F)(F)F. The van der Waals surface area contributed by atoms with Gasteiger partial charge in [-0.3, -0.25) is 9.78 Å². The van der Waals surface area contributed by atoms with Gasteiger partial charge in [0.05, 0.1) is 28.5 Å². The quantitative estimate of drug-likeness (QED) is 0.336. The fourth-order valence-electron chi connectivity index (χ4n) is 3.33. The number of rotatable bonds is 5.